The molecule has 0 spiro atoms. The van der Waals surface area contributed by atoms with Crippen LogP contribution in [0.5, 0.6) is 5.75 Å². The van der Waals surface area contributed by atoms with E-state index in [1.807, 2.05) is 30.3 Å². The minimum atomic E-state index is 0.372. The lowest BCUT2D eigenvalue weighted by Gasteiger charge is -2.20. The highest BCUT2D eigenvalue weighted by Crippen LogP contribution is 2.22. The lowest BCUT2D eigenvalue weighted by atomic mass is 10.1. The number of nitrogens with zero attached hydrogens (tertiary/aromatic N) is 2. The van der Waals surface area contributed by atoms with Gasteiger partial charge in [0.05, 0.1) is 18.9 Å². The highest BCUT2D eigenvalue weighted by molar-refractivity contribution is 5.47. The van der Waals surface area contributed by atoms with Crippen molar-refractivity contribution in [2.45, 2.75) is 26.6 Å². The fourth-order valence-corrected chi connectivity index (χ4v) is 2.33. The van der Waals surface area contributed by atoms with Crippen LogP contribution in [0.25, 0.3) is 0 Å². The number of aromatic nitrogens is 2. The van der Waals surface area contributed by atoms with Gasteiger partial charge in [0, 0.05) is 18.5 Å². The summed E-state index contributed by atoms with van der Waals surface area (Å²) in [5, 5.41) is 3.29. The number of rotatable bonds is 5. The van der Waals surface area contributed by atoms with Crippen LogP contribution in [0.15, 0.2) is 30.3 Å². The molecular formula is C16H19N3O2. The van der Waals surface area contributed by atoms with E-state index in [1.165, 1.54) is 0 Å². The van der Waals surface area contributed by atoms with Gasteiger partial charge in [-0.1, -0.05) is 18.2 Å². The van der Waals surface area contributed by atoms with E-state index in [-0.39, 0.29) is 0 Å². The summed E-state index contributed by atoms with van der Waals surface area (Å²) in [6.07, 6.45) is 0.828. The normalized spacial score (nSPS) is 13.6. The summed E-state index contributed by atoms with van der Waals surface area (Å²) in [6.45, 7) is 4.54. The summed E-state index contributed by atoms with van der Waals surface area (Å²) in [5.41, 5.74) is 2.14. The molecule has 110 valence electrons. The van der Waals surface area contributed by atoms with E-state index in [9.17, 15) is 0 Å². The monoisotopic (exact) mass is 285 g/mol. The lowest BCUT2D eigenvalue weighted by molar-refractivity contribution is 0.109. The molecule has 5 heteroatoms. The van der Waals surface area contributed by atoms with Crippen molar-refractivity contribution in [2.75, 3.05) is 18.5 Å². The largest absolute Gasteiger partial charge is 0.486 e. The number of ether oxygens (including phenoxy) is 2. The Bertz CT molecular complexity index is 602. The van der Waals surface area contributed by atoms with E-state index in [4.69, 9.17) is 9.47 Å². The average molecular weight is 285 g/mol. The number of hydrogen-bond acceptors (Lipinski definition) is 5. The minimum absolute atomic E-state index is 0.372. The predicted octanol–water partition coefficient (Wildman–Crippen LogP) is 2.56. The number of para-hydroxylation sites is 1. The molecule has 0 bridgehead atoms. The molecule has 1 aliphatic rings. The van der Waals surface area contributed by atoms with Gasteiger partial charge >= 0.3 is 0 Å². The number of benzene rings is 1. The molecule has 0 saturated heterocycles. The zero-order chi connectivity index (χ0) is 14.5. The topological polar surface area (TPSA) is 56.3 Å². The van der Waals surface area contributed by atoms with Crippen molar-refractivity contribution >= 4 is 5.82 Å². The highest BCUT2D eigenvalue weighted by atomic mass is 16.5. The maximum Gasteiger partial charge on any atom is 0.168 e. The van der Waals surface area contributed by atoms with E-state index < -0.39 is 0 Å². The van der Waals surface area contributed by atoms with Crippen molar-refractivity contribution in [2.24, 2.45) is 0 Å². The van der Waals surface area contributed by atoms with Crippen molar-refractivity contribution in [1.29, 1.82) is 0 Å². The molecule has 1 aliphatic heterocycles. The van der Waals surface area contributed by atoms with Crippen LogP contribution in [0.3, 0.4) is 0 Å². The first kappa shape index (κ1) is 13.8. The van der Waals surface area contributed by atoms with Crippen LogP contribution in [-0.4, -0.2) is 23.1 Å². The molecule has 3 rings (SSSR count). The second kappa shape index (κ2) is 6.54. The molecule has 0 atom stereocenters. The Labute approximate surface area is 124 Å². The molecule has 1 aromatic heterocycles. The van der Waals surface area contributed by atoms with Crippen LogP contribution in [0.2, 0.25) is 0 Å². The predicted molar refractivity (Wildman–Crippen MR) is 80.3 cm³/mol. The Morgan fingerprint density at radius 2 is 2.10 bits per heavy atom. The third-order valence-corrected chi connectivity index (χ3v) is 3.32. The van der Waals surface area contributed by atoms with Crippen LogP contribution in [-0.2, 0) is 24.4 Å². The Kier molecular flexibility index (Phi) is 4.31. The standard InChI is InChI=1S/C16H19N3O2/c1-2-17-16-13-10-20-9-8-14(13)18-15(19-16)11-21-12-6-4-3-5-7-12/h3-7H,2,8-11H2,1H3,(H,17,18,19). The molecule has 0 saturated carbocycles. The van der Waals surface area contributed by atoms with Crippen molar-refractivity contribution < 1.29 is 9.47 Å². The number of hydrogen-bond donors (Lipinski definition) is 1. The van der Waals surface area contributed by atoms with E-state index in [1.54, 1.807) is 0 Å². The van der Waals surface area contributed by atoms with Crippen LogP contribution < -0.4 is 10.1 Å². The smallest absolute Gasteiger partial charge is 0.168 e. The van der Waals surface area contributed by atoms with E-state index in [0.29, 0.717) is 25.6 Å². The molecule has 1 aromatic carbocycles. The van der Waals surface area contributed by atoms with Crippen LogP contribution in [0.1, 0.15) is 24.0 Å². The Hall–Kier alpha value is -2.14. The molecule has 0 unspecified atom stereocenters. The summed E-state index contributed by atoms with van der Waals surface area (Å²) in [7, 11) is 0. The quantitative estimate of drug-likeness (QED) is 0.915. The van der Waals surface area contributed by atoms with E-state index in [2.05, 4.69) is 22.2 Å². The minimum Gasteiger partial charge on any atom is -0.486 e. The fourth-order valence-electron chi connectivity index (χ4n) is 2.33. The SMILES string of the molecule is CCNc1nc(COc2ccccc2)nc2c1COCC2. The van der Waals surface area contributed by atoms with Crippen LogP contribution >= 0.6 is 0 Å². The van der Waals surface area contributed by atoms with Crippen LogP contribution in [0, 0.1) is 0 Å². The molecule has 0 amide bonds. The Morgan fingerprint density at radius 1 is 1.24 bits per heavy atom. The van der Waals surface area contributed by atoms with Gasteiger partial charge in [-0.15, -0.1) is 0 Å². The van der Waals surface area contributed by atoms with Gasteiger partial charge in [0.2, 0.25) is 0 Å². The van der Waals surface area contributed by atoms with Crippen molar-refractivity contribution in [1.82, 2.24) is 9.97 Å². The van der Waals surface area contributed by atoms with Gasteiger partial charge in [0.15, 0.2) is 5.82 Å². The van der Waals surface area contributed by atoms with E-state index >= 15 is 0 Å². The number of fused-ring (bicyclic) bond motifs is 1. The van der Waals surface area contributed by atoms with Gasteiger partial charge in [-0.3, -0.25) is 0 Å². The molecule has 5 nitrogen and oxygen atoms in total. The highest BCUT2D eigenvalue weighted by Gasteiger charge is 2.18. The van der Waals surface area contributed by atoms with Gasteiger partial charge in [0.25, 0.3) is 0 Å². The number of nitrogens with one attached hydrogen (secondary N) is 1. The maximum atomic E-state index is 5.73. The molecule has 0 aliphatic carbocycles. The second-order valence-corrected chi connectivity index (χ2v) is 4.85. The second-order valence-electron chi connectivity index (χ2n) is 4.85. The zero-order valence-electron chi connectivity index (χ0n) is 12.1. The summed E-state index contributed by atoms with van der Waals surface area (Å²) < 4.78 is 11.2. The van der Waals surface area contributed by atoms with Gasteiger partial charge in [-0.2, -0.15) is 0 Å². The lowest BCUT2D eigenvalue weighted by Crippen LogP contribution is -2.18. The van der Waals surface area contributed by atoms with Crippen molar-refractivity contribution in [3.05, 3.63) is 47.4 Å². The maximum absolute atomic E-state index is 5.73. The Balaban J connectivity index is 1.80. The van der Waals surface area contributed by atoms with Gasteiger partial charge < -0.3 is 14.8 Å². The first-order valence-corrected chi connectivity index (χ1v) is 7.25. The van der Waals surface area contributed by atoms with E-state index in [0.717, 1.165) is 35.8 Å². The summed E-state index contributed by atoms with van der Waals surface area (Å²) in [4.78, 5) is 9.18. The fraction of sp³-hybridized carbons (Fsp3) is 0.375. The third kappa shape index (κ3) is 3.31. The van der Waals surface area contributed by atoms with Crippen LogP contribution in [0.4, 0.5) is 5.82 Å². The molecule has 21 heavy (non-hydrogen) atoms. The average Bonchev–Trinajstić information content (AvgIpc) is 2.54. The third-order valence-electron chi connectivity index (χ3n) is 3.32. The number of anilines is 1. The summed E-state index contributed by atoms with van der Waals surface area (Å²) in [6, 6.07) is 9.72. The van der Waals surface area contributed by atoms with Gasteiger partial charge in [-0.25, -0.2) is 9.97 Å². The Morgan fingerprint density at radius 3 is 2.90 bits per heavy atom. The van der Waals surface area contributed by atoms with Gasteiger partial charge in [-0.05, 0) is 19.1 Å². The van der Waals surface area contributed by atoms with Gasteiger partial charge in [0.1, 0.15) is 18.2 Å². The van der Waals surface area contributed by atoms with Crippen molar-refractivity contribution in [3.8, 4) is 5.75 Å². The first-order chi connectivity index (χ1) is 10.4. The molecule has 0 radical (unpaired) electrons. The molecule has 0 fully saturated rings. The summed E-state index contributed by atoms with van der Waals surface area (Å²) >= 11 is 0. The first-order valence-electron chi connectivity index (χ1n) is 7.25. The molecule has 1 N–H and O–H groups in total. The zero-order valence-corrected chi connectivity index (χ0v) is 12.1. The molecule has 2 heterocycles. The van der Waals surface area contributed by atoms with Crippen molar-refractivity contribution in [3.63, 3.8) is 0 Å². The molecular weight excluding hydrogens is 266 g/mol. The molecule has 2 aromatic rings. The summed E-state index contributed by atoms with van der Waals surface area (Å²) in [5.74, 6) is 2.40.